The summed E-state index contributed by atoms with van der Waals surface area (Å²) < 4.78 is 0.689. The van der Waals surface area contributed by atoms with Crippen LogP contribution < -0.4 is 5.32 Å². The largest absolute Gasteiger partial charge is 0.388 e. The van der Waals surface area contributed by atoms with E-state index in [0.29, 0.717) is 22.7 Å². The Balaban J connectivity index is 2.43. The summed E-state index contributed by atoms with van der Waals surface area (Å²) in [7, 11) is 0. The lowest BCUT2D eigenvalue weighted by atomic mass is 9.95. The number of aromatic nitrogens is 1. The number of carbonyl (C=O) groups is 1. The van der Waals surface area contributed by atoms with Crippen molar-refractivity contribution in [2.24, 2.45) is 5.92 Å². The van der Waals surface area contributed by atoms with Crippen molar-refractivity contribution in [3.63, 3.8) is 0 Å². The van der Waals surface area contributed by atoms with Gasteiger partial charge in [-0.2, -0.15) is 0 Å². The van der Waals surface area contributed by atoms with Gasteiger partial charge in [-0.05, 0) is 44.8 Å². The average molecular weight is 316 g/mol. The number of thiazole rings is 1. The molecule has 114 valence electrons. The number of hydrogen-bond donors (Lipinski definition) is 3. The Morgan fingerprint density at radius 2 is 2.20 bits per heavy atom. The van der Waals surface area contributed by atoms with Crippen LogP contribution in [0.2, 0.25) is 0 Å². The molecule has 20 heavy (non-hydrogen) atoms. The second kappa shape index (κ2) is 7.33. The molecule has 0 bridgehead atoms. The highest BCUT2D eigenvalue weighted by molar-refractivity contribution is 7.73. The number of rotatable bonds is 7. The van der Waals surface area contributed by atoms with Crippen molar-refractivity contribution in [3.05, 3.63) is 14.5 Å². The lowest BCUT2D eigenvalue weighted by molar-refractivity contribution is -0.121. The fourth-order valence-corrected chi connectivity index (χ4v) is 3.08. The van der Waals surface area contributed by atoms with Crippen molar-refractivity contribution in [2.45, 2.75) is 52.6 Å². The number of hydrogen-bond acceptors (Lipinski definition) is 4. The van der Waals surface area contributed by atoms with Crippen molar-refractivity contribution in [2.75, 3.05) is 6.54 Å². The van der Waals surface area contributed by atoms with Crippen LogP contribution in [-0.2, 0) is 11.2 Å². The summed E-state index contributed by atoms with van der Waals surface area (Å²) >= 11 is 6.47. The highest BCUT2D eigenvalue weighted by Crippen LogP contribution is 2.17. The van der Waals surface area contributed by atoms with Crippen LogP contribution in [0.4, 0.5) is 0 Å². The van der Waals surface area contributed by atoms with Crippen LogP contribution in [0.25, 0.3) is 0 Å². The van der Waals surface area contributed by atoms with E-state index in [-0.39, 0.29) is 12.5 Å². The molecule has 0 spiro atoms. The molecule has 0 aliphatic heterocycles. The number of H-pyrrole nitrogens is 1. The Morgan fingerprint density at radius 1 is 1.55 bits per heavy atom. The number of aromatic amines is 1. The van der Waals surface area contributed by atoms with Crippen LogP contribution in [0.3, 0.4) is 0 Å². The number of amides is 1. The molecule has 0 fully saturated rings. The van der Waals surface area contributed by atoms with E-state index in [0.717, 1.165) is 17.0 Å². The summed E-state index contributed by atoms with van der Waals surface area (Å²) in [6, 6.07) is 0. The first-order valence-electron chi connectivity index (χ1n) is 6.87. The second-order valence-electron chi connectivity index (χ2n) is 5.95. The molecule has 6 heteroatoms. The van der Waals surface area contributed by atoms with Gasteiger partial charge in [0.05, 0.1) is 12.0 Å². The molecule has 1 atom stereocenters. The predicted molar refractivity (Wildman–Crippen MR) is 85.7 cm³/mol. The molecule has 1 aromatic rings. The number of carbonyl (C=O) groups excluding carboxylic acids is 1. The minimum atomic E-state index is -0.847. The van der Waals surface area contributed by atoms with E-state index >= 15 is 0 Å². The lowest BCUT2D eigenvalue weighted by Crippen LogP contribution is -2.41. The smallest absolute Gasteiger partial charge is 0.225 e. The van der Waals surface area contributed by atoms with E-state index in [2.05, 4.69) is 24.1 Å². The van der Waals surface area contributed by atoms with Gasteiger partial charge in [0.1, 0.15) is 0 Å². The minimum Gasteiger partial charge on any atom is -0.388 e. The highest BCUT2D eigenvalue weighted by Gasteiger charge is 2.21. The fourth-order valence-electron chi connectivity index (χ4n) is 1.79. The molecule has 0 radical (unpaired) electrons. The number of nitrogens with one attached hydrogen (secondary N) is 2. The summed E-state index contributed by atoms with van der Waals surface area (Å²) in [5.74, 6) is 0.468. The predicted octanol–water partition coefficient (Wildman–Crippen LogP) is 2.96. The van der Waals surface area contributed by atoms with Crippen LogP contribution in [0.5, 0.6) is 0 Å². The van der Waals surface area contributed by atoms with Gasteiger partial charge in [0.15, 0.2) is 3.95 Å². The molecular weight excluding hydrogens is 292 g/mol. The lowest BCUT2D eigenvalue weighted by Gasteiger charge is -2.24. The standard InChI is InChI=1S/C14H24N2O2S2/c1-9(2)5-6-14(4,18)8-15-12(17)7-11-10(3)16-13(19)20-11/h9,18H,5-8H2,1-4H3,(H,15,17)(H,16,19). The van der Waals surface area contributed by atoms with Gasteiger partial charge in [0, 0.05) is 17.1 Å². The van der Waals surface area contributed by atoms with Gasteiger partial charge in [-0.15, -0.1) is 11.3 Å². The monoisotopic (exact) mass is 316 g/mol. The van der Waals surface area contributed by atoms with Gasteiger partial charge in [-0.25, -0.2) is 0 Å². The Morgan fingerprint density at radius 3 is 2.70 bits per heavy atom. The second-order valence-corrected chi connectivity index (χ2v) is 7.72. The SMILES string of the molecule is Cc1[nH]c(=S)sc1CC(=O)NCC(C)(O)CCC(C)C. The maximum atomic E-state index is 11.9. The molecule has 0 saturated heterocycles. The van der Waals surface area contributed by atoms with Crippen LogP contribution in [0.1, 0.15) is 44.2 Å². The number of aliphatic hydroxyl groups is 1. The fraction of sp³-hybridized carbons (Fsp3) is 0.714. The third kappa shape index (κ3) is 6.15. The summed E-state index contributed by atoms with van der Waals surface area (Å²) in [6.45, 7) is 8.20. The molecule has 0 aliphatic carbocycles. The molecule has 1 amide bonds. The zero-order chi connectivity index (χ0) is 15.3. The van der Waals surface area contributed by atoms with Crippen molar-refractivity contribution >= 4 is 29.5 Å². The van der Waals surface area contributed by atoms with E-state index in [4.69, 9.17) is 12.2 Å². The molecule has 1 heterocycles. The number of aryl methyl sites for hydroxylation is 1. The average Bonchev–Trinajstić information content (AvgIpc) is 2.63. The Kier molecular flexibility index (Phi) is 6.36. The third-order valence-corrected chi connectivity index (χ3v) is 4.51. The summed E-state index contributed by atoms with van der Waals surface area (Å²) in [4.78, 5) is 15.9. The summed E-state index contributed by atoms with van der Waals surface area (Å²) in [5, 5.41) is 13.0. The Bertz CT molecular complexity index is 504. The molecule has 1 unspecified atom stereocenters. The van der Waals surface area contributed by atoms with E-state index in [1.54, 1.807) is 6.92 Å². The van der Waals surface area contributed by atoms with Gasteiger partial charge in [0.25, 0.3) is 0 Å². The normalized spacial score (nSPS) is 14.3. The zero-order valence-electron chi connectivity index (χ0n) is 12.6. The minimum absolute atomic E-state index is 0.0804. The van der Waals surface area contributed by atoms with Crippen LogP contribution >= 0.6 is 23.6 Å². The molecule has 4 nitrogen and oxygen atoms in total. The van der Waals surface area contributed by atoms with Crippen molar-refractivity contribution < 1.29 is 9.90 Å². The third-order valence-electron chi connectivity index (χ3n) is 3.17. The van der Waals surface area contributed by atoms with E-state index in [9.17, 15) is 9.90 Å². The van der Waals surface area contributed by atoms with Gasteiger partial charge in [-0.1, -0.05) is 13.8 Å². The Hall–Kier alpha value is -0.720. The summed E-state index contributed by atoms with van der Waals surface area (Å²) in [5.41, 5.74) is 0.0985. The van der Waals surface area contributed by atoms with Gasteiger partial charge >= 0.3 is 0 Å². The molecule has 1 aromatic heterocycles. The quantitative estimate of drug-likeness (QED) is 0.678. The molecule has 0 aromatic carbocycles. The molecule has 0 aliphatic rings. The first kappa shape index (κ1) is 17.3. The highest BCUT2D eigenvalue weighted by atomic mass is 32.1. The Labute approximate surface area is 129 Å². The van der Waals surface area contributed by atoms with Crippen molar-refractivity contribution in [1.29, 1.82) is 0 Å². The topological polar surface area (TPSA) is 65.1 Å². The van der Waals surface area contributed by atoms with E-state index < -0.39 is 5.60 Å². The van der Waals surface area contributed by atoms with Crippen molar-refractivity contribution in [3.8, 4) is 0 Å². The molecule has 0 saturated carbocycles. The van der Waals surface area contributed by atoms with Crippen molar-refractivity contribution in [1.82, 2.24) is 10.3 Å². The first-order chi connectivity index (χ1) is 9.19. The van der Waals surface area contributed by atoms with Crippen LogP contribution in [0.15, 0.2) is 0 Å². The van der Waals surface area contributed by atoms with E-state index in [1.165, 1.54) is 11.3 Å². The van der Waals surface area contributed by atoms with Gasteiger partial charge in [-0.3, -0.25) is 4.79 Å². The molecular formula is C14H24N2O2S2. The van der Waals surface area contributed by atoms with Gasteiger partial charge in [0.2, 0.25) is 5.91 Å². The maximum absolute atomic E-state index is 11.9. The molecule has 1 rings (SSSR count). The van der Waals surface area contributed by atoms with Gasteiger partial charge < -0.3 is 15.4 Å². The first-order valence-corrected chi connectivity index (χ1v) is 8.10. The summed E-state index contributed by atoms with van der Waals surface area (Å²) in [6.07, 6.45) is 1.94. The zero-order valence-corrected chi connectivity index (χ0v) is 14.2. The van der Waals surface area contributed by atoms with Crippen LogP contribution in [0, 0.1) is 16.8 Å². The maximum Gasteiger partial charge on any atom is 0.225 e. The van der Waals surface area contributed by atoms with Crippen LogP contribution in [-0.4, -0.2) is 28.1 Å². The van der Waals surface area contributed by atoms with E-state index in [1.807, 2.05) is 6.92 Å². The molecule has 3 N–H and O–H groups in total.